The second-order valence-corrected chi connectivity index (χ2v) is 2.05. The first kappa shape index (κ1) is 12.3. The van der Waals surface area contributed by atoms with Gasteiger partial charge in [-0.2, -0.15) is 0 Å². The highest BCUT2D eigenvalue weighted by Crippen LogP contribution is 2.16. The van der Waals surface area contributed by atoms with Crippen LogP contribution in [0.25, 0.3) is 4.98 Å². The Balaban J connectivity index is 0.000000364. The molecule has 0 aliphatic heterocycles. The SMILES string of the molecule is COc1ccc([N+]#N)cc1.FB(F)F. The molecule has 0 aliphatic carbocycles. The Morgan fingerprint density at radius 3 is 1.93 bits per heavy atom. The summed E-state index contributed by atoms with van der Waals surface area (Å²) in [4.78, 5) is 2.99. The first-order valence-corrected chi connectivity index (χ1v) is 3.51. The van der Waals surface area contributed by atoms with Crippen molar-refractivity contribution in [3.05, 3.63) is 29.2 Å². The van der Waals surface area contributed by atoms with E-state index in [1.807, 2.05) is 0 Å². The summed E-state index contributed by atoms with van der Waals surface area (Å²) in [5.74, 6) is 0.757. The molecule has 0 spiro atoms. The fourth-order valence-corrected chi connectivity index (χ4v) is 0.649. The maximum atomic E-state index is 9.67. The van der Waals surface area contributed by atoms with Gasteiger partial charge in [0.2, 0.25) is 5.39 Å². The average Bonchev–Trinajstić information content (AvgIpc) is 2.17. The number of hydrogen-bond donors (Lipinski definition) is 0. The van der Waals surface area contributed by atoms with Crippen LogP contribution in [0.15, 0.2) is 24.3 Å². The lowest BCUT2D eigenvalue weighted by molar-refractivity contribution is 0.415. The van der Waals surface area contributed by atoms with Crippen molar-refractivity contribution in [2.24, 2.45) is 0 Å². The summed E-state index contributed by atoms with van der Waals surface area (Å²) in [6, 6.07) is 6.79. The Morgan fingerprint density at radius 2 is 1.64 bits per heavy atom. The molecule has 0 N–H and O–H groups in total. The second-order valence-electron chi connectivity index (χ2n) is 2.05. The van der Waals surface area contributed by atoms with E-state index in [1.54, 1.807) is 31.4 Å². The smallest absolute Gasteiger partial charge is 0.497 e. The maximum Gasteiger partial charge on any atom is 0.762 e. The number of benzene rings is 1. The molecule has 0 unspecified atom stereocenters. The molecular formula is C7H7BF3N2O+. The molecule has 0 heterocycles. The van der Waals surface area contributed by atoms with Crippen molar-refractivity contribution in [1.29, 1.82) is 5.39 Å². The average molecular weight is 203 g/mol. The molecule has 3 nitrogen and oxygen atoms in total. The number of rotatable bonds is 1. The number of hydrogen-bond acceptors (Lipinski definition) is 2. The van der Waals surface area contributed by atoms with Gasteiger partial charge >= 0.3 is 13.2 Å². The largest absolute Gasteiger partial charge is 0.762 e. The first-order valence-electron chi connectivity index (χ1n) is 3.51. The van der Waals surface area contributed by atoms with Gasteiger partial charge in [0, 0.05) is 12.1 Å². The lowest BCUT2D eigenvalue weighted by atomic mass is 10.3. The van der Waals surface area contributed by atoms with E-state index in [1.165, 1.54) is 0 Å². The van der Waals surface area contributed by atoms with Crippen molar-refractivity contribution in [3.8, 4) is 5.75 Å². The standard InChI is InChI=1S/C7H7N2O.BF3/c1-10-7-4-2-6(9-8)3-5-7;2-1(3)4/h2-5H,1H3;/q+1;. The summed E-state index contributed by atoms with van der Waals surface area (Å²) in [7, 11) is -2.08. The second kappa shape index (κ2) is 6.77. The Labute approximate surface area is 79.3 Å². The molecule has 1 aromatic rings. The molecule has 0 amide bonds. The zero-order valence-electron chi connectivity index (χ0n) is 7.32. The summed E-state index contributed by atoms with van der Waals surface area (Å²) < 4.78 is 33.9. The van der Waals surface area contributed by atoms with Gasteiger partial charge in [-0.3, -0.25) is 12.9 Å². The number of nitrogens with zero attached hydrogens (tertiary/aromatic N) is 2. The normalized spacial score (nSPS) is 7.93. The number of halogens is 3. The van der Waals surface area contributed by atoms with Gasteiger partial charge in [-0.15, -0.1) is 0 Å². The van der Waals surface area contributed by atoms with Crippen LogP contribution in [-0.2, 0) is 0 Å². The molecule has 1 rings (SSSR count). The van der Waals surface area contributed by atoms with E-state index >= 15 is 0 Å². The van der Waals surface area contributed by atoms with Crippen molar-refractivity contribution in [2.75, 3.05) is 7.11 Å². The van der Waals surface area contributed by atoms with Gasteiger partial charge in [0.05, 0.1) is 7.11 Å². The Kier molecular flexibility index (Phi) is 5.95. The molecule has 0 radical (unpaired) electrons. The van der Waals surface area contributed by atoms with Crippen LogP contribution >= 0.6 is 0 Å². The monoisotopic (exact) mass is 203 g/mol. The molecule has 74 valence electrons. The predicted molar refractivity (Wildman–Crippen MR) is 46.8 cm³/mol. The van der Waals surface area contributed by atoms with Crippen LogP contribution < -0.4 is 4.74 Å². The highest BCUT2D eigenvalue weighted by atomic mass is 19.4. The van der Waals surface area contributed by atoms with Crippen molar-refractivity contribution in [3.63, 3.8) is 0 Å². The summed E-state index contributed by atoms with van der Waals surface area (Å²) in [6.07, 6.45) is 0. The number of diazo groups is 1. The van der Waals surface area contributed by atoms with Gasteiger partial charge in [0.15, 0.2) is 4.98 Å². The number of ether oxygens (including phenoxy) is 1. The zero-order valence-corrected chi connectivity index (χ0v) is 7.32. The van der Waals surface area contributed by atoms with Crippen molar-refractivity contribution >= 4 is 13.2 Å². The number of methoxy groups -OCH3 is 1. The summed E-state index contributed by atoms with van der Waals surface area (Å²) in [5.41, 5.74) is 0.529. The minimum atomic E-state index is -3.67. The Morgan fingerprint density at radius 1 is 1.21 bits per heavy atom. The van der Waals surface area contributed by atoms with Gasteiger partial charge in [-0.1, -0.05) is 0 Å². The minimum Gasteiger partial charge on any atom is -0.497 e. The first-order chi connectivity index (χ1) is 6.60. The van der Waals surface area contributed by atoms with Crippen LogP contribution in [0.2, 0.25) is 0 Å². The fourth-order valence-electron chi connectivity index (χ4n) is 0.649. The lowest BCUT2D eigenvalue weighted by Crippen LogP contribution is -1.79. The van der Waals surface area contributed by atoms with Crippen LogP contribution in [0.4, 0.5) is 18.6 Å². The van der Waals surface area contributed by atoms with Crippen LogP contribution in [0, 0.1) is 5.39 Å². The zero-order chi connectivity index (χ0) is 11.0. The third kappa shape index (κ3) is 5.88. The van der Waals surface area contributed by atoms with Gasteiger partial charge in [-0.05, 0) is 12.1 Å². The molecular weight excluding hydrogens is 196 g/mol. The van der Waals surface area contributed by atoms with Crippen molar-refractivity contribution in [1.82, 2.24) is 0 Å². The third-order valence-corrected chi connectivity index (χ3v) is 1.19. The molecule has 0 atom stereocenters. The maximum absolute atomic E-state index is 9.67. The Bertz CT molecular complexity index is 296. The minimum absolute atomic E-state index is 0.529. The molecule has 0 bridgehead atoms. The van der Waals surface area contributed by atoms with Crippen LogP contribution in [0.1, 0.15) is 0 Å². The van der Waals surface area contributed by atoms with E-state index in [9.17, 15) is 12.9 Å². The van der Waals surface area contributed by atoms with Crippen LogP contribution in [0.3, 0.4) is 0 Å². The molecule has 0 saturated carbocycles. The lowest BCUT2D eigenvalue weighted by Gasteiger charge is -1.93. The predicted octanol–water partition coefficient (Wildman–Crippen LogP) is 3.06. The van der Waals surface area contributed by atoms with E-state index in [4.69, 9.17) is 10.1 Å². The van der Waals surface area contributed by atoms with Gasteiger partial charge in [0.25, 0.3) is 0 Å². The molecule has 7 heteroatoms. The molecule has 0 aromatic heterocycles. The highest BCUT2D eigenvalue weighted by Gasteiger charge is 2.06. The molecule has 0 fully saturated rings. The van der Waals surface area contributed by atoms with Crippen LogP contribution in [0.5, 0.6) is 5.75 Å². The summed E-state index contributed by atoms with van der Waals surface area (Å²) in [5, 5.41) is 8.29. The van der Waals surface area contributed by atoms with E-state index in [-0.39, 0.29) is 0 Å². The van der Waals surface area contributed by atoms with E-state index < -0.39 is 7.54 Å². The van der Waals surface area contributed by atoms with Crippen molar-refractivity contribution < 1.29 is 17.7 Å². The Hall–Kier alpha value is -1.71. The molecule has 1 aromatic carbocycles. The fraction of sp³-hybridized carbons (Fsp3) is 0.143. The molecule has 14 heavy (non-hydrogen) atoms. The topological polar surface area (TPSA) is 37.4 Å². The molecule has 0 saturated heterocycles. The van der Waals surface area contributed by atoms with Gasteiger partial charge < -0.3 is 4.74 Å². The van der Waals surface area contributed by atoms with Gasteiger partial charge in [0.1, 0.15) is 5.75 Å². The van der Waals surface area contributed by atoms with Crippen molar-refractivity contribution in [2.45, 2.75) is 0 Å². The summed E-state index contributed by atoms with van der Waals surface area (Å²) in [6.45, 7) is 0. The third-order valence-electron chi connectivity index (χ3n) is 1.19. The van der Waals surface area contributed by atoms with E-state index in [2.05, 4.69) is 4.98 Å². The van der Waals surface area contributed by atoms with Gasteiger partial charge in [-0.25, -0.2) is 0 Å². The van der Waals surface area contributed by atoms with E-state index in [0.29, 0.717) is 5.69 Å². The highest BCUT2D eigenvalue weighted by molar-refractivity contribution is 6.33. The van der Waals surface area contributed by atoms with Crippen LogP contribution in [-0.4, -0.2) is 14.7 Å². The quantitative estimate of drug-likeness (QED) is 0.519. The summed E-state index contributed by atoms with van der Waals surface area (Å²) >= 11 is 0. The van der Waals surface area contributed by atoms with E-state index in [0.717, 1.165) is 5.75 Å². The molecule has 0 aliphatic rings.